The lowest BCUT2D eigenvalue weighted by Gasteiger charge is -2.16. The fourth-order valence-corrected chi connectivity index (χ4v) is 1.39. The molecule has 0 radical (unpaired) electrons. The molecule has 0 saturated carbocycles. The van der Waals surface area contributed by atoms with E-state index in [4.69, 9.17) is 20.3 Å². The maximum absolute atomic E-state index is 11.4. The van der Waals surface area contributed by atoms with Crippen molar-refractivity contribution in [3.05, 3.63) is 0 Å². The van der Waals surface area contributed by atoms with Crippen molar-refractivity contribution in [2.75, 3.05) is 13.2 Å². The topological polar surface area (TPSA) is 129 Å². The van der Waals surface area contributed by atoms with Gasteiger partial charge in [-0.3, -0.25) is 15.3 Å². The summed E-state index contributed by atoms with van der Waals surface area (Å²) in [4.78, 5) is 26.6. The van der Waals surface area contributed by atoms with Gasteiger partial charge in [0.05, 0.1) is 18.6 Å². The highest BCUT2D eigenvalue weighted by Crippen LogP contribution is 2.05. The van der Waals surface area contributed by atoms with E-state index in [1.54, 1.807) is 0 Å². The van der Waals surface area contributed by atoms with Crippen LogP contribution in [0.4, 0.5) is 4.79 Å². The first-order valence-electron chi connectivity index (χ1n) is 6.29. The Morgan fingerprint density at radius 1 is 1.20 bits per heavy atom. The monoisotopic (exact) mass is 294 g/mol. The Labute approximate surface area is 116 Å². The lowest BCUT2D eigenvalue weighted by molar-refractivity contribution is -0.492. The van der Waals surface area contributed by atoms with Gasteiger partial charge < -0.3 is 15.2 Å². The molecular formula is C11H22N2O7. The molecule has 0 bridgehead atoms. The van der Waals surface area contributed by atoms with E-state index < -0.39 is 23.5 Å². The van der Waals surface area contributed by atoms with Crippen molar-refractivity contribution in [3.8, 4) is 0 Å². The van der Waals surface area contributed by atoms with Gasteiger partial charge in [0.15, 0.2) is 0 Å². The zero-order chi connectivity index (χ0) is 15.5. The summed E-state index contributed by atoms with van der Waals surface area (Å²) in [7, 11) is 0. The molecule has 118 valence electrons. The van der Waals surface area contributed by atoms with E-state index in [1.165, 1.54) is 0 Å². The lowest BCUT2D eigenvalue weighted by Crippen LogP contribution is -2.42. The molecule has 0 saturated heterocycles. The first-order valence-corrected chi connectivity index (χ1v) is 6.29. The number of ether oxygens (including phenoxy) is 1. The van der Waals surface area contributed by atoms with E-state index in [1.807, 2.05) is 13.8 Å². The maximum atomic E-state index is 11.4. The Morgan fingerprint density at radius 3 is 2.30 bits per heavy atom. The summed E-state index contributed by atoms with van der Waals surface area (Å²) in [6.45, 7) is 3.85. The zero-order valence-corrected chi connectivity index (χ0v) is 11.6. The van der Waals surface area contributed by atoms with Crippen LogP contribution in [0.3, 0.4) is 0 Å². The summed E-state index contributed by atoms with van der Waals surface area (Å²) in [5, 5.41) is 27.3. The van der Waals surface area contributed by atoms with Crippen LogP contribution in [-0.2, 0) is 14.4 Å². The minimum Gasteiger partial charge on any atom is -0.480 e. The van der Waals surface area contributed by atoms with Gasteiger partial charge in [-0.2, -0.15) is 0 Å². The second-order valence-electron chi connectivity index (χ2n) is 4.59. The Kier molecular flexibility index (Phi) is 9.64. The quantitative estimate of drug-likeness (QED) is 0.347. The second-order valence-corrected chi connectivity index (χ2v) is 4.59. The summed E-state index contributed by atoms with van der Waals surface area (Å²) >= 11 is 0. The first-order chi connectivity index (χ1) is 9.32. The number of alkyl carbamates (subject to hydrolysis) is 1. The lowest BCUT2D eigenvalue weighted by atomic mass is 10.0. The molecule has 1 amide bonds. The highest BCUT2D eigenvalue weighted by molar-refractivity contribution is 5.79. The predicted molar refractivity (Wildman–Crippen MR) is 66.0 cm³/mol. The average Bonchev–Trinajstić information content (AvgIpc) is 2.31. The van der Waals surface area contributed by atoms with Gasteiger partial charge in [-0.15, -0.1) is 0 Å². The van der Waals surface area contributed by atoms with Crippen molar-refractivity contribution in [2.24, 2.45) is 5.92 Å². The minimum atomic E-state index is -1.10. The smallest absolute Gasteiger partial charge is 0.407 e. The molecule has 0 aliphatic carbocycles. The van der Waals surface area contributed by atoms with Gasteiger partial charge in [0.2, 0.25) is 0 Å². The number of hydrogen-bond donors (Lipinski definition) is 4. The number of carboxylic acids is 1. The number of unbranched alkanes of at least 4 members (excludes halogenated alkanes) is 1. The van der Waals surface area contributed by atoms with Gasteiger partial charge in [-0.05, 0) is 25.2 Å². The molecule has 0 spiro atoms. The molecule has 0 fully saturated rings. The molecule has 1 unspecified atom stereocenters. The number of nitrogens with zero attached hydrogens (tertiary/aromatic N) is 1. The summed E-state index contributed by atoms with van der Waals surface area (Å²) in [5.74, 6) is -0.969. The van der Waals surface area contributed by atoms with Gasteiger partial charge in [-0.25, -0.2) is 9.59 Å². The van der Waals surface area contributed by atoms with Gasteiger partial charge >= 0.3 is 12.1 Å². The molecule has 0 heterocycles. The molecule has 0 aromatic rings. The number of nitrogens with one attached hydrogen (secondary N) is 1. The van der Waals surface area contributed by atoms with Crippen molar-refractivity contribution >= 4 is 12.1 Å². The normalized spacial score (nSPS) is 12.5. The standard InChI is InChI=1S/C11H22N2O7/c1-8(2)7-9(10(14)15)12-11(16)19-5-3-4-6-20-13(17)18/h8-9,17-18H,3-7H2,1-2H3,(H,12,16)(H,14,15). The fourth-order valence-electron chi connectivity index (χ4n) is 1.39. The zero-order valence-electron chi connectivity index (χ0n) is 11.6. The average molecular weight is 294 g/mol. The largest absolute Gasteiger partial charge is 0.480 e. The number of amides is 1. The Bertz CT molecular complexity index is 296. The van der Waals surface area contributed by atoms with Crippen molar-refractivity contribution < 1.29 is 34.7 Å². The molecular weight excluding hydrogens is 272 g/mol. The second kappa shape index (κ2) is 10.4. The Morgan fingerprint density at radius 2 is 1.80 bits per heavy atom. The summed E-state index contributed by atoms with van der Waals surface area (Å²) < 4.78 is 4.80. The Balaban J connectivity index is 3.77. The number of rotatable bonds is 10. The van der Waals surface area contributed by atoms with Crippen LogP contribution in [0.15, 0.2) is 0 Å². The predicted octanol–water partition coefficient (Wildman–Crippen LogP) is 1.00. The molecule has 0 aromatic heterocycles. The van der Waals surface area contributed by atoms with Crippen LogP contribution in [0.5, 0.6) is 0 Å². The number of carboxylic acid groups (broad SMARTS) is 1. The van der Waals surface area contributed by atoms with Crippen molar-refractivity contribution in [1.82, 2.24) is 10.7 Å². The van der Waals surface area contributed by atoms with Crippen molar-refractivity contribution in [1.29, 1.82) is 0 Å². The summed E-state index contributed by atoms with van der Waals surface area (Å²) in [6.07, 6.45) is 0.425. The Hall–Kier alpha value is -1.42. The van der Waals surface area contributed by atoms with Crippen LogP contribution in [-0.4, -0.2) is 52.2 Å². The van der Waals surface area contributed by atoms with Gasteiger partial charge in [0.1, 0.15) is 6.04 Å². The number of carbonyl (C=O) groups excluding carboxylic acids is 1. The molecule has 0 aromatic carbocycles. The third kappa shape index (κ3) is 10.5. The van der Waals surface area contributed by atoms with Gasteiger partial charge in [-0.1, -0.05) is 13.8 Å². The molecule has 20 heavy (non-hydrogen) atoms. The van der Waals surface area contributed by atoms with Crippen molar-refractivity contribution in [3.63, 3.8) is 0 Å². The molecule has 9 heteroatoms. The first kappa shape index (κ1) is 18.6. The van der Waals surface area contributed by atoms with Gasteiger partial charge in [0, 0.05) is 0 Å². The number of carbonyl (C=O) groups is 2. The third-order valence-electron chi connectivity index (χ3n) is 2.28. The van der Waals surface area contributed by atoms with Crippen LogP contribution < -0.4 is 5.32 Å². The highest BCUT2D eigenvalue weighted by atomic mass is 17.1. The van der Waals surface area contributed by atoms with E-state index in [9.17, 15) is 9.59 Å². The minimum absolute atomic E-state index is 0.0586. The summed E-state index contributed by atoms with van der Waals surface area (Å²) in [6, 6.07) is -0.969. The van der Waals surface area contributed by atoms with E-state index in [2.05, 4.69) is 10.2 Å². The molecule has 0 rings (SSSR count). The number of hydrogen-bond acceptors (Lipinski definition) is 7. The van der Waals surface area contributed by atoms with E-state index in [0.29, 0.717) is 19.3 Å². The number of aliphatic carboxylic acids is 1. The van der Waals surface area contributed by atoms with E-state index in [0.717, 1.165) is 0 Å². The van der Waals surface area contributed by atoms with Crippen LogP contribution in [0.2, 0.25) is 0 Å². The van der Waals surface area contributed by atoms with Crippen LogP contribution in [0.1, 0.15) is 33.1 Å². The van der Waals surface area contributed by atoms with E-state index >= 15 is 0 Å². The van der Waals surface area contributed by atoms with Crippen LogP contribution in [0.25, 0.3) is 0 Å². The van der Waals surface area contributed by atoms with Crippen LogP contribution in [0, 0.1) is 5.92 Å². The molecule has 9 nitrogen and oxygen atoms in total. The fraction of sp³-hybridized carbons (Fsp3) is 0.818. The third-order valence-corrected chi connectivity index (χ3v) is 2.28. The molecule has 4 N–H and O–H groups in total. The molecule has 0 aliphatic rings. The maximum Gasteiger partial charge on any atom is 0.407 e. The van der Waals surface area contributed by atoms with E-state index in [-0.39, 0.29) is 19.1 Å². The van der Waals surface area contributed by atoms with Gasteiger partial charge in [0.25, 0.3) is 0 Å². The molecule has 1 atom stereocenters. The summed E-state index contributed by atoms with van der Waals surface area (Å²) in [5.41, 5.74) is 0. The molecule has 0 aliphatic heterocycles. The SMILES string of the molecule is CC(C)CC(NC(=O)OCCCCON(O)O)C(=O)O. The highest BCUT2D eigenvalue weighted by Gasteiger charge is 2.21. The van der Waals surface area contributed by atoms with Crippen LogP contribution >= 0.6 is 0 Å². The van der Waals surface area contributed by atoms with Crippen molar-refractivity contribution in [2.45, 2.75) is 39.2 Å².